The van der Waals surface area contributed by atoms with Gasteiger partial charge in [-0.1, -0.05) is 42.5 Å². The van der Waals surface area contributed by atoms with E-state index in [9.17, 15) is 4.39 Å². The highest BCUT2D eigenvalue weighted by molar-refractivity contribution is 7.13. The minimum Gasteiger partial charge on any atom is -0.382 e. The topological polar surface area (TPSA) is 91.2 Å². The molecule has 0 atom stereocenters. The molecule has 0 saturated heterocycles. The number of methoxy groups -OCH3 is 1. The second-order valence-corrected chi connectivity index (χ2v) is 7.69. The van der Waals surface area contributed by atoms with Crippen LogP contribution in [0.1, 0.15) is 5.69 Å². The molecule has 5 aromatic rings. The number of nitrogens with two attached hydrogens (primary N) is 1. The Morgan fingerprint density at radius 2 is 1.81 bits per heavy atom. The van der Waals surface area contributed by atoms with Crippen molar-refractivity contribution in [2.75, 3.05) is 12.8 Å². The van der Waals surface area contributed by atoms with Gasteiger partial charge in [-0.05, 0) is 17.7 Å². The van der Waals surface area contributed by atoms with Crippen molar-refractivity contribution in [2.24, 2.45) is 0 Å². The second-order valence-electron chi connectivity index (χ2n) is 6.83. The molecule has 7 nitrogen and oxygen atoms in total. The van der Waals surface area contributed by atoms with Crippen molar-refractivity contribution in [1.29, 1.82) is 0 Å². The van der Waals surface area contributed by atoms with E-state index in [1.807, 2.05) is 35.7 Å². The first-order valence-electron chi connectivity index (χ1n) is 9.45. The third kappa shape index (κ3) is 3.43. The normalized spacial score (nSPS) is 11.3. The van der Waals surface area contributed by atoms with E-state index in [0.29, 0.717) is 33.4 Å². The number of nitrogen functional groups attached to an aromatic ring is 1. The van der Waals surface area contributed by atoms with Gasteiger partial charge < -0.3 is 10.5 Å². The largest absolute Gasteiger partial charge is 0.382 e. The van der Waals surface area contributed by atoms with Crippen LogP contribution in [0, 0.1) is 5.82 Å². The number of nitrogens with zero attached hydrogens (tertiary/aromatic N) is 5. The van der Waals surface area contributed by atoms with Gasteiger partial charge in [0.2, 0.25) is 0 Å². The number of benzene rings is 2. The molecule has 0 unspecified atom stereocenters. The van der Waals surface area contributed by atoms with Crippen molar-refractivity contribution in [3.63, 3.8) is 0 Å². The van der Waals surface area contributed by atoms with Crippen LogP contribution in [0.15, 0.2) is 60.0 Å². The Morgan fingerprint density at radius 1 is 1.03 bits per heavy atom. The zero-order chi connectivity index (χ0) is 21.4. The SMILES string of the molecule is COCc1nn2c(N)c(-c3nc(-c4ccccc4)cs3)nnc2c1-c1ccc(F)cc1. The lowest BCUT2D eigenvalue weighted by Crippen LogP contribution is -2.05. The van der Waals surface area contributed by atoms with Gasteiger partial charge in [-0.2, -0.15) is 9.61 Å². The molecule has 5 rings (SSSR count). The van der Waals surface area contributed by atoms with Gasteiger partial charge in [0.1, 0.15) is 10.8 Å². The van der Waals surface area contributed by atoms with Gasteiger partial charge in [0, 0.05) is 18.1 Å². The van der Waals surface area contributed by atoms with Gasteiger partial charge in [0.25, 0.3) is 0 Å². The van der Waals surface area contributed by atoms with Gasteiger partial charge in [-0.25, -0.2) is 9.37 Å². The number of halogens is 1. The zero-order valence-corrected chi connectivity index (χ0v) is 17.3. The third-order valence-electron chi connectivity index (χ3n) is 4.84. The number of ether oxygens (including phenoxy) is 1. The van der Waals surface area contributed by atoms with Crippen molar-refractivity contribution in [1.82, 2.24) is 24.8 Å². The Labute approximate surface area is 181 Å². The third-order valence-corrected chi connectivity index (χ3v) is 5.69. The molecule has 0 aliphatic heterocycles. The maximum atomic E-state index is 13.4. The molecule has 0 radical (unpaired) electrons. The lowest BCUT2D eigenvalue weighted by atomic mass is 10.1. The molecule has 9 heteroatoms. The number of anilines is 1. The number of fused-ring (bicyclic) bond motifs is 1. The van der Waals surface area contributed by atoms with E-state index < -0.39 is 0 Å². The first-order chi connectivity index (χ1) is 15.2. The Balaban J connectivity index is 1.64. The van der Waals surface area contributed by atoms with E-state index in [1.54, 1.807) is 23.8 Å². The minimum atomic E-state index is -0.320. The Hall–Kier alpha value is -3.69. The molecule has 0 aliphatic rings. The molecule has 0 bridgehead atoms. The zero-order valence-electron chi connectivity index (χ0n) is 16.5. The molecule has 0 aliphatic carbocycles. The molecule has 31 heavy (non-hydrogen) atoms. The Kier molecular flexibility index (Phi) is 4.89. The van der Waals surface area contributed by atoms with Crippen molar-refractivity contribution >= 4 is 22.8 Å². The van der Waals surface area contributed by atoms with Crippen LogP contribution in [-0.4, -0.2) is 31.9 Å². The molecule has 0 fully saturated rings. The Morgan fingerprint density at radius 3 is 2.55 bits per heavy atom. The second kappa shape index (κ2) is 7.86. The summed E-state index contributed by atoms with van der Waals surface area (Å²) in [7, 11) is 1.58. The minimum absolute atomic E-state index is 0.250. The lowest BCUT2D eigenvalue weighted by Gasteiger charge is -2.04. The van der Waals surface area contributed by atoms with Crippen molar-refractivity contribution in [3.8, 4) is 33.1 Å². The summed E-state index contributed by atoms with van der Waals surface area (Å²) in [6, 6.07) is 16.0. The molecule has 2 N–H and O–H groups in total. The highest BCUT2D eigenvalue weighted by atomic mass is 32.1. The van der Waals surface area contributed by atoms with Crippen LogP contribution in [0.25, 0.3) is 38.7 Å². The smallest absolute Gasteiger partial charge is 0.187 e. The predicted octanol–water partition coefficient (Wildman–Crippen LogP) is 4.45. The van der Waals surface area contributed by atoms with Gasteiger partial charge in [0.05, 0.1) is 23.6 Å². The summed E-state index contributed by atoms with van der Waals surface area (Å²) >= 11 is 1.44. The quantitative estimate of drug-likeness (QED) is 0.441. The first kappa shape index (κ1) is 19.3. The average molecular weight is 432 g/mol. The van der Waals surface area contributed by atoms with Crippen LogP contribution in [-0.2, 0) is 11.3 Å². The highest BCUT2D eigenvalue weighted by Gasteiger charge is 2.21. The molecule has 154 valence electrons. The average Bonchev–Trinajstić information content (AvgIpc) is 3.41. The van der Waals surface area contributed by atoms with Crippen molar-refractivity contribution < 1.29 is 9.13 Å². The number of thiazole rings is 1. The lowest BCUT2D eigenvalue weighted by molar-refractivity contribution is 0.181. The van der Waals surface area contributed by atoms with E-state index >= 15 is 0 Å². The number of aromatic nitrogens is 5. The summed E-state index contributed by atoms with van der Waals surface area (Å²) in [5, 5.41) is 16.0. The predicted molar refractivity (Wildman–Crippen MR) is 118 cm³/mol. The van der Waals surface area contributed by atoms with Gasteiger partial charge >= 0.3 is 0 Å². The van der Waals surface area contributed by atoms with Crippen LogP contribution < -0.4 is 5.73 Å². The summed E-state index contributed by atoms with van der Waals surface area (Å²) in [5.74, 6) is 0.00377. The molecule has 0 saturated carbocycles. The molecule has 2 aromatic carbocycles. The fourth-order valence-electron chi connectivity index (χ4n) is 3.39. The Bertz CT molecular complexity index is 1360. The van der Waals surface area contributed by atoms with Crippen molar-refractivity contribution in [3.05, 3.63) is 71.5 Å². The van der Waals surface area contributed by atoms with Gasteiger partial charge in [-0.3, -0.25) is 0 Å². The molecular formula is C22H17FN6OS. The van der Waals surface area contributed by atoms with E-state index in [1.165, 1.54) is 23.5 Å². The van der Waals surface area contributed by atoms with Crippen LogP contribution in [0.2, 0.25) is 0 Å². The summed E-state index contributed by atoms with van der Waals surface area (Å²) in [5.41, 5.74) is 11.3. The maximum absolute atomic E-state index is 13.4. The molecule has 3 aromatic heterocycles. The van der Waals surface area contributed by atoms with Crippen LogP contribution in [0.5, 0.6) is 0 Å². The van der Waals surface area contributed by atoms with E-state index in [-0.39, 0.29) is 12.4 Å². The molecular weight excluding hydrogens is 415 g/mol. The molecule has 3 heterocycles. The fourth-order valence-corrected chi connectivity index (χ4v) is 4.21. The van der Waals surface area contributed by atoms with E-state index in [2.05, 4.69) is 20.3 Å². The van der Waals surface area contributed by atoms with Gasteiger partial charge in [0.15, 0.2) is 17.2 Å². The van der Waals surface area contributed by atoms with E-state index in [0.717, 1.165) is 16.8 Å². The van der Waals surface area contributed by atoms with Crippen LogP contribution in [0.4, 0.5) is 10.2 Å². The number of rotatable bonds is 5. The standard InChI is InChI=1S/C22H17FN6OS/c1-30-11-16-18(14-7-9-15(23)10-8-14)21-27-26-19(20(24)29(21)28-16)22-25-17(12-31-22)13-5-3-2-4-6-13/h2-10,12H,11,24H2,1H3. The van der Waals surface area contributed by atoms with Gasteiger partial charge in [-0.15, -0.1) is 21.5 Å². The van der Waals surface area contributed by atoms with Crippen LogP contribution >= 0.6 is 11.3 Å². The number of hydrogen-bond donors (Lipinski definition) is 1. The summed E-state index contributed by atoms with van der Waals surface area (Å²) < 4.78 is 20.3. The maximum Gasteiger partial charge on any atom is 0.187 e. The highest BCUT2D eigenvalue weighted by Crippen LogP contribution is 2.34. The number of hydrogen-bond acceptors (Lipinski definition) is 7. The summed E-state index contributed by atoms with van der Waals surface area (Å²) in [6.45, 7) is 0.250. The van der Waals surface area contributed by atoms with E-state index in [4.69, 9.17) is 10.5 Å². The molecule has 0 amide bonds. The molecule has 0 spiro atoms. The summed E-state index contributed by atoms with van der Waals surface area (Å²) in [4.78, 5) is 4.68. The van der Waals surface area contributed by atoms with Crippen LogP contribution in [0.3, 0.4) is 0 Å². The van der Waals surface area contributed by atoms with Crippen molar-refractivity contribution in [2.45, 2.75) is 6.61 Å². The monoisotopic (exact) mass is 432 g/mol. The fraction of sp³-hybridized carbons (Fsp3) is 0.0909. The first-order valence-corrected chi connectivity index (χ1v) is 10.3. The summed E-state index contributed by atoms with van der Waals surface area (Å²) in [6.07, 6.45) is 0.